The van der Waals surface area contributed by atoms with Crippen LogP contribution in [-0.2, 0) is 4.79 Å². The van der Waals surface area contributed by atoms with Gasteiger partial charge in [0.1, 0.15) is 5.78 Å². The van der Waals surface area contributed by atoms with Crippen LogP contribution in [0.5, 0.6) is 0 Å². The van der Waals surface area contributed by atoms with Crippen LogP contribution < -0.4 is 0 Å². The third-order valence-electron chi connectivity index (χ3n) is 1.30. The van der Waals surface area contributed by atoms with Crippen LogP contribution in [0.3, 0.4) is 0 Å². The van der Waals surface area contributed by atoms with Crippen LogP contribution in [0.15, 0.2) is 0 Å². The smallest absolute Gasteiger partial charge is 0.156 e. The van der Waals surface area contributed by atoms with Gasteiger partial charge in [0.05, 0.1) is 6.54 Å². The minimum absolute atomic E-state index is 0. The van der Waals surface area contributed by atoms with Crippen molar-refractivity contribution in [1.29, 1.82) is 5.41 Å². The first-order valence-electron chi connectivity index (χ1n) is 3.16. The van der Waals surface area contributed by atoms with E-state index in [0.717, 1.165) is 12.3 Å². The maximum atomic E-state index is 10.6. The molecule has 5 heteroatoms. The van der Waals surface area contributed by atoms with Crippen LogP contribution in [0.2, 0.25) is 0 Å². The van der Waals surface area contributed by atoms with Crippen molar-refractivity contribution in [2.24, 2.45) is 0 Å². The molecule has 0 aromatic rings. The third kappa shape index (κ3) is 3.25. The van der Waals surface area contributed by atoms with Crippen molar-refractivity contribution in [3.05, 3.63) is 0 Å². The molecule has 1 saturated heterocycles. The number of thioether (sulfide) groups is 1. The predicted molar refractivity (Wildman–Crippen MR) is 52.8 cm³/mol. The zero-order valence-electron chi connectivity index (χ0n) is 6.29. The summed E-state index contributed by atoms with van der Waals surface area (Å²) in [5.41, 5.74) is 0. The molecule has 0 atom stereocenters. The van der Waals surface area contributed by atoms with E-state index in [1.165, 1.54) is 11.8 Å². The highest BCUT2D eigenvalue weighted by atomic mass is 79.9. The molecule has 0 aliphatic carbocycles. The molecule has 0 aromatic carbocycles. The molecule has 1 fully saturated rings. The number of carbonyl (C=O) groups is 1. The Morgan fingerprint density at radius 1 is 1.82 bits per heavy atom. The predicted octanol–water partition coefficient (Wildman–Crippen LogP) is 1.14. The van der Waals surface area contributed by atoms with Gasteiger partial charge < -0.3 is 4.90 Å². The second-order valence-electron chi connectivity index (χ2n) is 2.28. The van der Waals surface area contributed by atoms with Gasteiger partial charge in [0.15, 0.2) is 5.17 Å². The molecule has 1 heterocycles. The van der Waals surface area contributed by atoms with Crippen LogP contribution in [0, 0.1) is 5.41 Å². The summed E-state index contributed by atoms with van der Waals surface area (Å²) < 4.78 is 0. The highest BCUT2D eigenvalue weighted by molar-refractivity contribution is 8.93. The number of ketones is 1. The molecule has 1 N–H and O–H groups in total. The van der Waals surface area contributed by atoms with Gasteiger partial charge in [-0.05, 0) is 6.92 Å². The number of nitrogens with zero attached hydrogens (tertiary/aromatic N) is 1. The van der Waals surface area contributed by atoms with Crippen LogP contribution in [0.25, 0.3) is 0 Å². The number of hydrogen-bond acceptors (Lipinski definition) is 3. The van der Waals surface area contributed by atoms with E-state index in [2.05, 4.69) is 0 Å². The molecular weight excluding hydrogens is 228 g/mol. The molecule has 3 nitrogen and oxygen atoms in total. The van der Waals surface area contributed by atoms with Crippen LogP contribution in [-0.4, -0.2) is 34.7 Å². The van der Waals surface area contributed by atoms with Crippen molar-refractivity contribution in [1.82, 2.24) is 4.90 Å². The van der Waals surface area contributed by atoms with E-state index in [0.29, 0.717) is 11.7 Å². The van der Waals surface area contributed by atoms with Gasteiger partial charge in [0, 0.05) is 12.3 Å². The maximum Gasteiger partial charge on any atom is 0.156 e. The molecule has 0 radical (unpaired) electrons. The summed E-state index contributed by atoms with van der Waals surface area (Å²) in [4.78, 5) is 12.4. The van der Waals surface area contributed by atoms with Crippen LogP contribution in [0.1, 0.15) is 6.92 Å². The first kappa shape index (κ1) is 11.0. The van der Waals surface area contributed by atoms with E-state index < -0.39 is 0 Å². The van der Waals surface area contributed by atoms with E-state index in [1.807, 2.05) is 0 Å². The van der Waals surface area contributed by atoms with Crippen molar-refractivity contribution in [3.8, 4) is 0 Å². The number of hydrogen-bond donors (Lipinski definition) is 1. The van der Waals surface area contributed by atoms with Gasteiger partial charge in [-0.25, -0.2) is 0 Å². The molecule has 0 bridgehead atoms. The summed E-state index contributed by atoms with van der Waals surface area (Å²) in [5.74, 6) is 1.08. The largest absolute Gasteiger partial charge is 0.344 e. The van der Waals surface area contributed by atoms with E-state index in [9.17, 15) is 4.79 Å². The topological polar surface area (TPSA) is 44.2 Å². The Morgan fingerprint density at radius 2 is 2.45 bits per heavy atom. The number of nitrogens with one attached hydrogen (secondary N) is 1. The minimum Gasteiger partial charge on any atom is -0.344 e. The van der Waals surface area contributed by atoms with Gasteiger partial charge >= 0.3 is 0 Å². The first-order valence-corrected chi connectivity index (χ1v) is 4.14. The lowest BCUT2D eigenvalue weighted by molar-refractivity contribution is -0.117. The molecular formula is C6H11BrN2OS. The number of amidine groups is 1. The van der Waals surface area contributed by atoms with Crippen LogP contribution in [0.4, 0.5) is 0 Å². The van der Waals surface area contributed by atoms with Crippen molar-refractivity contribution in [3.63, 3.8) is 0 Å². The van der Waals surface area contributed by atoms with Gasteiger partial charge in [-0.2, -0.15) is 0 Å². The molecule has 64 valence electrons. The van der Waals surface area contributed by atoms with Gasteiger partial charge in [0.2, 0.25) is 0 Å². The summed E-state index contributed by atoms with van der Waals surface area (Å²) in [6, 6.07) is 0. The molecule has 1 aliphatic heterocycles. The highest BCUT2D eigenvalue weighted by Crippen LogP contribution is 2.15. The number of Topliss-reactive ketones (excluding diaryl/α,β-unsaturated/α-hetero) is 1. The van der Waals surface area contributed by atoms with Gasteiger partial charge in [-0.1, -0.05) is 11.8 Å². The maximum absolute atomic E-state index is 10.6. The van der Waals surface area contributed by atoms with Crippen LogP contribution >= 0.6 is 28.7 Å². The number of carbonyl (C=O) groups excluding carboxylic acids is 1. The van der Waals surface area contributed by atoms with E-state index in [-0.39, 0.29) is 22.8 Å². The average Bonchev–Trinajstić information content (AvgIpc) is 2.15. The summed E-state index contributed by atoms with van der Waals surface area (Å²) in [6.45, 7) is 2.81. The Morgan fingerprint density at radius 3 is 2.82 bits per heavy atom. The average molecular weight is 239 g/mol. The van der Waals surface area contributed by atoms with Crippen molar-refractivity contribution < 1.29 is 4.79 Å². The molecule has 11 heavy (non-hydrogen) atoms. The standard InChI is InChI=1S/C6H10N2OS.BrH/c1-5(9)4-8-2-3-10-6(8)7;/h7H,2-4H2,1H3;1H. The summed E-state index contributed by atoms with van der Waals surface area (Å²) >= 11 is 1.50. The normalized spacial score (nSPS) is 16.5. The fraction of sp³-hybridized carbons (Fsp3) is 0.667. The highest BCUT2D eigenvalue weighted by Gasteiger charge is 2.17. The molecule has 0 aromatic heterocycles. The zero-order valence-corrected chi connectivity index (χ0v) is 8.82. The SMILES string of the molecule is Br.CC(=O)CN1CCSC1=N. The lowest BCUT2D eigenvalue weighted by Gasteiger charge is -2.13. The quantitative estimate of drug-likeness (QED) is 0.785. The Balaban J connectivity index is 0.000001000. The zero-order chi connectivity index (χ0) is 7.56. The van der Waals surface area contributed by atoms with E-state index in [1.54, 1.807) is 11.8 Å². The fourth-order valence-corrected chi connectivity index (χ4v) is 1.71. The first-order chi connectivity index (χ1) is 4.70. The summed E-state index contributed by atoms with van der Waals surface area (Å²) in [6.07, 6.45) is 0. The third-order valence-corrected chi connectivity index (χ3v) is 2.22. The molecule has 1 aliphatic rings. The number of halogens is 1. The van der Waals surface area contributed by atoms with Crippen molar-refractivity contribution in [2.45, 2.75) is 6.92 Å². The Labute approximate surface area is 80.8 Å². The molecule has 0 saturated carbocycles. The second kappa shape index (κ2) is 4.77. The van der Waals surface area contributed by atoms with E-state index in [4.69, 9.17) is 5.41 Å². The lowest BCUT2D eigenvalue weighted by atomic mass is 10.4. The van der Waals surface area contributed by atoms with Gasteiger partial charge in [0.25, 0.3) is 0 Å². The summed E-state index contributed by atoms with van der Waals surface area (Å²) in [5, 5.41) is 7.87. The Kier molecular flexibility index (Phi) is 4.76. The van der Waals surface area contributed by atoms with Crippen molar-refractivity contribution in [2.75, 3.05) is 18.8 Å². The molecule has 0 spiro atoms. The fourth-order valence-electron chi connectivity index (χ4n) is 0.865. The molecule has 0 amide bonds. The second-order valence-corrected chi connectivity index (χ2v) is 3.36. The monoisotopic (exact) mass is 238 g/mol. The lowest BCUT2D eigenvalue weighted by Crippen LogP contribution is -2.28. The Bertz CT molecular complexity index is 174. The Hall–Kier alpha value is -0.0300. The minimum atomic E-state index is 0. The molecule has 0 unspecified atom stereocenters. The van der Waals surface area contributed by atoms with E-state index >= 15 is 0 Å². The number of rotatable bonds is 2. The van der Waals surface area contributed by atoms with Gasteiger partial charge in [-0.3, -0.25) is 10.2 Å². The van der Waals surface area contributed by atoms with Gasteiger partial charge in [-0.15, -0.1) is 17.0 Å². The van der Waals surface area contributed by atoms with Crippen molar-refractivity contribution >= 4 is 39.7 Å². The molecule has 1 rings (SSSR count). The summed E-state index contributed by atoms with van der Waals surface area (Å²) in [7, 11) is 0.